The largest absolute Gasteiger partial charge is 0.369 e. The Hall–Kier alpha value is -2.07. The van der Waals surface area contributed by atoms with Crippen LogP contribution in [0.5, 0.6) is 0 Å². The van der Waals surface area contributed by atoms with Gasteiger partial charge in [-0.15, -0.1) is 0 Å². The van der Waals surface area contributed by atoms with Gasteiger partial charge in [0.25, 0.3) is 5.91 Å². The molecule has 3 amide bonds. The number of likely N-dealkylation sites (tertiary alicyclic amines) is 1. The zero-order valence-corrected chi connectivity index (χ0v) is 18.5. The van der Waals surface area contributed by atoms with E-state index in [1.165, 1.54) is 24.3 Å². The average molecular weight is 444 g/mol. The molecule has 4 fully saturated rings. The molecule has 0 aromatic heterocycles. The first-order chi connectivity index (χ1) is 15.5. The predicted molar refractivity (Wildman–Crippen MR) is 117 cm³/mol. The number of aliphatic hydroxyl groups is 1. The second-order valence-electron chi connectivity index (χ2n) is 9.63. The summed E-state index contributed by atoms with van der Waals surface area (Å²) >= 11 is 0. The summed E-state index contributed by atoms with van der Waals surface area (Å²) in [6, 6.07) is -0.674. The molecule has 0 spiro atoms. The van der Waals surface area contributed by atoms with E-state index in [0.29, 0.717) is 11.1 Å². The first kappa shape index (κ1) is 21.8. The van der Waals surface area contributed by atoms with Crippen molar-refractivity contribution in [2.75, 3.05) is 45.8 Å². The van der Waals surface area contributed by atoms with Gasteiger partial charge in [0, 0.05) is 56.3 Å². The number of rotatable bonds is 4. The summed E-state index contributed by atoms with van der Waals surface area (Å²) in [5.41, 5.74) is 1.11. The van der Waals surface area contributed by atoms with Gasteiger partial charge in [-0.2, -0.15) is 0 Å². The van der Waals surface area contributed by atoms with Gasteiger partial charge in [0.05, 0.1) is 0 Å². The predicted octanol–water partition coefficient (Wildman–Crippen LogP) is -0.805. The molecule has 0 bridgehead atoms. The third-order valence-electron chi connectivity index (χ3n) is 7.65. The van der Waals surface area contributed by atoms with E-state index in [2.05, 4.69) is 20.4 Å². The lowest BCUT2D eigenvalue weighted by Crippen LogP contribution is -2.55. The first-order valence-corrected chi connectivity index (χ1v) is 11.9. The Morgan fingerprint density at radius 3 is 2.50 bits per heavy atom. The minimum Gasteiger partial charge on any atom is -0.369 e. The Kier molecular flexibility index (Phi) is 6.16. The fourth-order valence-corrected chi connectivity index (χ4v) is 5.77. The van der Waals surface area contributed by atoms with Gasteiger partial charge in [0.2, 0.25) is 11.8 Å². The monoisotopic (exact) mass is 443 g/mol. The Morgan fingerprint density at radius 1 is 1.03 bits per heavy atom. The maximum Gasteiger partial charge on any atom is 0.257 e. The van der Waals surface area contributed by atoms with E-state index in [0.717, 1.165) is 51.6 Å². The Labute approximate surface area is 188 Å². The summed E-state index contributed by atoms with van der Waals surface area (Å²) in [6.45, 7) is 7.46. The lowest BCUT2D eigenvalue weighted by Gasteiger charge is -2.40. The van der Waals surface area contributed by atoms with Crippen LogP contribution in [0.25, 0.3) is 0 Å². The van der Waals surface area contributed by atoms with E-state index < -0.39 is 18.2 Å². The molecule has 5 aliphatic rings. The number of hydrogen-bond donors (Lipinski definition) is 3. The van der Waals surface area contributed by atoms with Gasteiger partial charge in [-0.1, -0.05) is 12.2 Å². The van der Waals surface area contributed by atoms with Crippen molar-refractivity contribution in [3.63, 3.8) is 0 Å². The van der Waals surface area contributed by atoms with Crippen LogP contribution >= 0.6 is 0 Å². The number of aliphatic hydroxyl groups excluding tert-OH is 1. The summed E-state index contributed by atoms with van der Waals surface area (Å²) < 4.78 is 0. The highest BCUT2D eigenvalue weighted by Gasteiger charge is 2.47. The maximum absolute atomic E-state index is 13.1. The van der Waals surface area contributed by atoms with Crippen molar-refractivity contribution in [1.82, 2.24) is 25.3 Å². The normalized spacial score (nSPS) is 33.1. The zero-order valence-electron chi connectivity index (χ0n) is 18.5. The molecule has 1 aliphatic carbocycles. The van der Waals surface area contributed by atoms with E-state index >= 15 is 0 Å². The molecular formula is C23H33N5O4. The van der Waals surface area contributed by atoms with Crippen molar-refractivity contribution in [2.24, 2.45) is 5.92 Å². The highest BCUT2D eigenvalue weighted by molar-refractivity contribution is 6.07. The summed E-state index contributed by atoms with van der Waals surface area (Å²) in [7, 11) is 0. The van der Waals surface area contributed by atoms with Gasteiger partial charge in [0.15, 0.2) is 6.23 Å². The summed E-state index contributed by atoms with van der Waals surface area (Å²) in [5, 5.41) is 16.5. The van der Waals surface area contributed by atoms with Crippen LogP contribution in [0.2, 0.25) is 0 Å². The average Bonchev–Trinajstić information content (AvgIpc) is 3.05. The molecule has 4 saturated heterocycles. The maximum atomic E-state index is 13.1. The number of amides is 3. The van der Waals surface area contributed by atoms with Crippen LogP contribution in [-0.2, 0) is 14.4 Å². The molecule has 5 rings (SSSR count). The van der Waals surface area contributed by atoms with Crippen molar-refractivity contribution in [2.45, 2.75) is 50.4 Å². The molecule has 32 heavy (non-hydrogen) atoms. The van der Waals surface area contributed by atoms with Gasteiger partial charge in [-0.05, 0) is 44.7 Å². The second kappa shape index (κ2) is 9.05. The molecule has 4 heterocycles. The van der Waals surface area contributed by atoms with Crippen molar-refractivity contribution < 1.29 is 19.5 Å². The third kappa shape index (κ3) is 4.14. The lowest BCUT2D eigenvalue weighted by atomic mass is 9.94. The number of carbonyl (C=O) groups excluding carboxylic acids is 3. The number of fused-ring (bicyclic) bond motifs is 1. The molecule has 9 nitrogen and oxygen atoms in total. The van der Waals surface area contributed by atoms with Crippen molar-refractivity contribution in [1.29, 1.82) is 0 Å². The van der Waals surface area contributed by atoms with Gasteiger partial charge >= 0.3 is 0 Å². The van der Waals surface area contributed by atoms with Gasteiger partial charge < -0.3 is 15.3 Å². The van der Waals surface area contributed by atoms with Crippen LogP contribution in [0, 0.1) is 5.92 Å². The van der Waals surface area contributed by atoms with Crippen LogP contribution < -0.4 is 10.6 Å². The molecule has 3 N–H and O–H groups in total. The number of piperidine rings is 2. The molecule has 3 atom stereocenters. The molecule has 9 heteroatoms. The molecule has 0 saturated carbocycles. The van der Waals surface area contributed by atoms with E-state index in [1.54, 1.807) is 0 Å². The lowest BCUT2D eigenvalue weighted by molar-refractivity contribution is -0.148. The van der Waals surface area contributed by atoms with Crippen LogP contribution in [0.4, 0.5) is 0 Å². The molecule has 0 aromatic rings. The van der Waals surface area contributed by atoms with Crippen LogP contribution in [0.3, 0.4) is 0 Å². The topological polar surface area (TPSA) is 105 Å². The Balaban J connectivity index is 1.21. The molecule has 4 aliphatic heterocycles. The summed E-state index contributed by atoms with van der Waals surface area (Å²) in [5.74, 6) is -0.356. The van der Waals surface area contributed by atoms with Gasteiger partial charge in [-0.3, -0.25) is 29.5 Å². The fourth-order valence-electron chi connectivity index (χ4n) is 5.77. The first-order valence-electron chi connectivity index (χ1n) is 11.9. The van der Waals surface area contributed by atoms with E-state index in [-0.39, 0.29) is 30.7 Å². The zero-order chi connectivity index (χ0) is 22.2. The van der Waals surface area contributed by atoms with Crippen LogP contribution in [0.15, 0.2) is 23.3 Å². The SMILES string of the molecule is O=C1CCC(N2C(=O)C3=CC(N4CCN(CC5CCNCC5)CC4)CC=C3C2O)C(=O)N1. The fraction of sp³-hybridized carbons (Fsp3) is 0.696. The van der Waals surface area contributed by atoms with Crippen molar-refractivity contribution in [3.8, 4) is 0 Å². The van der Waals surface area contributed by atoms with Gasteiger partial charge in [-0.25, -0.2) is 0 Å². The number of nitrogens with zero attached hydrogens (tertiary/aromatic N) is 3. The van der Waals surface area contributed by atoms with Crippen molar-refractivity contribution in [3.05, 3.63) is 23.3 Å². The molecule has 3 unspecified atom stereocenters. The number of carbonyl (C=O) groups is 3. The highest BCUT2D eigenvalue weighted by atomic mass is 16.3. The van der Waals surface area contributed by atoms with E-state index in [1.807, 2.05) is 12.2 Å². The summed E-state index contributed by atoms with van der Waals surface area (Å²) in [4.78, 5) is 43.1. The third-order valence-corrected chi connectivity index (χ3v) is 7.65. The molecular weight excluding hydrogens is 410 g/mol. The smallest absolute Gasteiger partial charge is 0.257 e. The molecule has 0 aromatic carbocycles. The number of hydrogen-bond acceptors (Lipinski definition) is 7. The van der Waals surface area contributed by atoms with Gasteiger partial charge in [0.1, 0.15) is 6.04 Å². The minimum atomic E-state index is -1.12. The number of nitrogens with one attached hydrogen (secondary N) is 2. The Morgan fingerprint density at radius 2 is 1.78 bits per heavy atom. The van der Waals surface area contributed by atoms with Crippen LogP contribution in [-0.4, -0.2) is 102 Å². The molecule has 174 valence electrons. The van der Waals surface area contributed by atoms with E-state index in [9.17, 15) is 19.5 Å². The minimum absolute atomic E-state index is 0.132. The van der Waals surface area contributed by atoms with E-state index in [4.69, 9.17) is 0 Å². The number of imide groups is 1. The second-order valence-corrected chi connectivity index (χ2v) is 9.63. The summed E-state index contributed by atoms with van der Waals surface area (Å²) in [6.07, 6.45) is 6.51. The van der Waals surface area contributed by atoms with Crippen LogP contribution in [0.1, 0.15) is 32.1 Å². The molecule has 0 radical (unpaired) electrons. The quantitative estimate of drug-likeness (QED) is 0.489. The highest BCUT2D eigenvalue weighted by Crippen LogP contribution is 2.36. The Bertz CT molecular complexity index is 841. The number of piperazine rings is 1. The van der Waals surface area contributed by atoms with Crippen molar-refractivity contribution >= 4 is 17.7 Å². The standard InChI is InChI=1S/C23H33N5O4/c29-20-4-3-19(21(30)25-20)28-22(31)17-2-1-16(13-18(17)23(28)32)27-11-9-26(10-12-27)14-15-5-7-24-8-6-15/h2,13,15-16,19,22,24,31H,1,3-12,14H2,(H,25,29,30).